The van der Waals surface area contributed by atoms with E-state index in [9.17, 15) is 9.59 Å². The van der Waals surface area contributed by atoms with Gasteiger partial charge in [-0.2, -0.15) is 0 Å². The average molecular weight is 348 g/mol. The summed E-state index contributed by atoms with van der Waals surface area (Å²) in [4.78, 5) is 25.2. The molecule has 0 unspecified atom stereocenters. The predicted molar refractivity (Wildman–Crippen MR) is 97.0 cm³/mol. The van der Waals surface area contributed by atoms with Crippen molar-refractivity contribution >= 4 is 12.0 Å². The van der Waals surface area contributed by atoms with E-state index in [-0.39, 0.29) is 35.1 Å². The van der Waals surface area contributed by atoms with E-state index < -0.39 is 11.7 Å². The molecule has 2 amide bonds. The topological polar surface area (TPSA) is 67.4 Å². The van der Waals surface area contributed by atoms with Gasteiger partial charge in [0, 0.05) is 6.54 Å². The Labute approximate surface area is 151 Å². The number of hydrogen-bond donors (Lipinski definition) is 2. The summed E-state index contributed by atoms with van der Waals surface area (Å²) < 4.78 is 5.41. The van der Waals surface area contributed by atoms with Crippen LogP contribution in [0.15, 0.2) is 12.2 Å². The van der Waals surface area contributed by atoms with E-state index in [1.165, 1.54) is 19.3 Å². The number of amides is 2. The van der Waals surface area contributed by atoms with Crippen molar-refractivity contribution in [2.45, 2.75) is 71.4 Å². The highest BCUT2D eigenvalue weighted by molar-refractivity contribution is 5.81. The van der Waals surface area contributed by atoms with Gasteiger partial charge in [-0.25, -0.2) is 4.79 Å². The van der Waals surface area contributed by atoms with E-state index in [4.69, 9.17) is 4.74 Å². The molecule has 4 aliphatic rings. The van der Waals surface area contributed by atoms with Crippen molar-refractivity contribution in [3.05, 3.63) is 12.2 Å². The second kappa shape index (κ2) is 6.65. The number of hydrogen-bond acceptors (Lipinski definition) is 3. The Morgan fingerprint density at radius 1 is 1.16 bits per heavy atom. The van der Waals surface area contributed by atoms with Crippen molar-refractivity contribution in [2.75, 3.05) is 6.54 Å². The number of nitrogens with one attached hydrogen (secondary N) is 2. The van der Waals surface area contributed by atoms with Gasteiger partial charge in [-0.1, -0.05) is 25.5 Å². The monoisotopic (exact) mass is 348 g/mol. The van der Waals surface area contributed by atoms with Gasteiger partial charge in [0.1, 0.15) is 5.60 Å². The number of carbonyl (C=O) groups excluding carboxylic acids is 2. The molecule has 25 heavy (non-hydrogen) atoms. The second-order valence-corrected chi connectivity index (χ2v) is 9.37. The van der Waals surface area contributed by atoms with Gasteiger partial charge < -0.3 is 15.4 Å². The Kier molecular flexibility index (Phi) is 4.86. The molecule has 2 N–H and O–H groups in total. The third kappa shape index (κ3) is 4.18. The second-order valence-electron chi connectivity index (χ2n) is 9.37. The summed E-state index contributed by atoms with van der Waals surface area (Å²) >= 11 is 0. The first-order valence-electron chi connectivity index (χ1n) is 9.62. The molecule has 0 aromatic rings. The molecule has 5 heteroatoms. The maximum Gasteiger partial charge on any atom is 0.407 e. The number of rotatable bonds is 4. The Hall–Kier alpha value is -1.52. The molecule has 2 saturated carbocycles. The molecule has 0 radical (unpaired) electrons. The summed E-state index contributed by atoms with van der Waals surface area (Å²) in [5.41, 5.74) is -0.280. The van der Waals surface area contributed by atoms with Crippen molar-refractivity contribution in [3.63, 3.8) is 0 Å². The van der Waals surface area contributed by atoms with Crippen LogP contribution in [0.1, 0.15) is 59.8 Å². The van der Waals surface area contributed by atoms with Crippen LogP contribution in [-0.2, 0) is 9.53 Å². The molecule has 4 atom stereocenters. The predicted octanol–water partition coefficient (Wildman–Crippen LogP) is 3.40. The van der Waals surface area contributed by atoms with Crippen LogP contribution in [0, 0.1) is 23.2 Å². The van der Waals surface area contributed by atoms with Gasteiger partial charge in [0.2, 0.25) is 5.91 Å². The Bertz CT molecular complexity index is 560. The van der Waals surface area contributed by atoms with E-state index in [2.05, 4.69) is 29.7 Å². The first-order valence-corrected chi connectivity index (χ1v) is 9.62. The van der Waals surface area contributed by atoms with Crippen LogP contribution in [0.2, 0.25) is 0 Å². The fourth-order valence-electron chi connectivity index (χ4n) is 4.37. The van der Waals surface area contributed by atoms with E-state index in [1.54, 1.807) is 0 Å². The van der Waals surface area contributed by atoms with Crippen LogP contribution in [0.25, 0.3) is 0 Å². The van der Waals surface area contributed by atoms with Crippen molar-refractivity contribution in [2.24, 2.45) is 23.2 Å². The Balaban J connectivity index is 1.65. The summed E-state index contributed by atoms with van der Waals surface area (Å²) in [6.07, 6.45) is 9.55. The maximum atomic E-state index is 12.9. The highest BCUT2D eigenvalue weighted by Crippen LogP contribution is 2.42. The van der Waals surface area contributed by atoms with Crippen LogP contribution in [0.5, 0.6) is 0 Å². The molecule has 0 aromatic heterocycles. The largest absolute Gasteiger partial charge is 0.444 e. The van der Waals surface area contributed by atoms with Crippen LogP contribution in [0.3, 0.4) is 0 Å². The maximum absolute atomic E-state index is 12.9. The fraction of sp³-hybridized carbons (Fsp3) is 0.800. The fourth-order valence-corrected chi connectivity index (χ4v) is 4.37. The van der Waals surface area contributed by atoms with Crippen LogP contribution in [-0.4, -0.2) is 30.2 Å². The van der Waals surface area contributed by atoms with E-state index in [0.717, 1.165) is 19.4 Å². The lowest BCUT2D eigenvalue weighted by molar-refractivity contribution is -0.129. The Morgan fingerprint density at radius 3 is 2.32 bits per heavy atom. The standard InChI is InChI=1S/C20H32N2O3/c1-19(2,3)25-18(24)22-16-14-8-6-13(7-9-14)15(16)17(23)21-12-20(4)10-5-11-20/h6,8,13-16H,5,7,9-12H2,1-4H3,(H,21,23)(H,22,24)/t13-,14+,15-,16+/m1/s1. The minimum absolute atomic E-state index is 0.0771. The van der Waals surface area contributed by atoms with Gasteiger partial charge in [-0.3, -0.25) is 4.79 Å². The highest BCUT2D eigenvalue weighted by atomic mass is 16.6. The molecule has 4 aliphatic carbocycles. The number of carbonyl (C=O) groups is 2. The molecule has 0 aliphatic heterocycles. The van der Waals surface area contributed by atoms with Crippen molar-refractivity contribution in [1.29, 1.82) is 0 Å². The zero-order chi connectivity index (χ0) is 18.2. The van der Waals surface area contributed by atoms with Gasteiger partial charge in [-0.15, -0.1) is 0 Å². The van der Waals surface area contributed by atoms with E-state index in [0.29, 0.717) is 0 Å². The summed E-state index contributed by atoms with van der Waals surface area (Å²) in [5, 5.41) is 6.16. The van der Waals surface area contributed by atoms with Gasteiger partial charge in [0.05, 0.1) is 12.0 Å². The third-order valence-electron chi connectivity index (χ3n) is 5.98. The molecule has 0 saturated heterocycles. The minimum Gasteiger partial charge on any atom is -0.444 e. The number of allylic oxidation sites excluding steroid dienone is 1. The normalized spacial score (nSPS) is 32.6. The minimum atomic E-state index is -0.538. The van der Waals surface area contributed by atoms with Crippen molar-refractivity contribution in [1.82, 2.24) is 10.6 Å². The lowest BCUT2D eigenvalue weighted by Crippen LogP contribution is -2.58. The Morgan fingerprint density at radius 2 is 1.80 bits per heavy atom. The van der Waals surface area contributed by atoms with E-state index in [1.807, 2.05) is 20.8 Å². The molecule has 2 bridgehead atoms. The molecular formula is C20H32N2O3. The van der Waals surface area contributed by atoms with Crippen LogP contribution >= 0.6 is 0 Å². The highest BCUT2D eigenvalue weighted by Gasteiger charge is 2.46. The van der Waals surface area contributed by atoms with Gasteiger partial charge in [0.15, 0.2) is 0 Å². The van der Waals surface area contributed by atoms with Crippen LogP contribution < -0.4 is 10.6 Å². The summed E-state index contributed by atoms with van der Waals surface area (Å²) in [5.74, 6) is 0.305. The summed E-state index contributed by atoms with van der Waals surface area (Å²) in [7, 11) is 0. The van der Waals surface area contributed by atoms with Crippen molar-refractivity contribution in [3.8, 4) is 0 Å². The van der Waals surface area contributed by atoms with Crippen molar-refractivity contribution < 1.29 is 14.3 Å². The lowest BCUT2D eigenvalue weighted by atomic mass is 9.65. The first-order chi connectivity index (χ1) is 11.7. The van der Waals surface area contributed by atoms with Gasteiger partial charge in [-0.05, 0) is 63.7 Å². The van der Waals surface area contributed by atoms with Gasteiger partial charge >= 0.3 is 6.09 Å². The molecule has 5 nitrogen and oxygen atoms in total. The van der Waals surface area contributed by atoms with Crippen LogP contribution in [0.4, 0.5) is 4.79 Å². The summed E-state index contributed by atoms with van der Waals surface area (Å²) in [6, 6.07) is -0.173. The molecular weight excluding hydrogens is 316 g/mol. The molecule has 0 heterocycles. The summed E-state index contributed by atoms with van der Waals surface area (Å²) in [6.45, 7) is 8.53. The molecule has 0 spiro atoms. The number of alkyl carbamates (subject to hydrolysis) is 1. The smallest absolute Gasteiger partial charge is 0.407 e. The third-order valence-corrected chi connectivity index (χ3v) is 5.98. The lowest BCUT2D eigenvalue weighted by Gasteiger charge is -2.45. The first kappa shape index (κ1) is 18.3. The molecule has 4 rings (SSSR count). The number of fused-ring (bicyclic) bond motifs is 2. The molecule has 2 fully saturated rings. The molecule has 0 aromatic carbocycles. The zero-order valence-corrected chi connectivity index (χ0v) is 15.9. The molecule has 140 valence electrons. The van der Waals surface area contributed by atoms with E-state index >= 15 is 0 Å². The van der Waals surface area contributed by atoms with Gasteiger partial charge in [0.25, 0.3) is 0 Å². The quantitative estimate of drug-likeness (QED) is 0.765. The SMILES string of the molecule is CC1(CNC(=O)[C@H]2[C@@H](NC(=O)OC(C)(C)C)[C@H]3C=C[C@@H]2CC3)CCC1. The zero-order valence-electron chi connectivity index (χ0n) is 15.9. The number of ether oxygens (including phenoxy) is 1. The average Bonchev–Trinajstić information content (AvgIpc) is 2.50.